The van der Waals surface area contributed by atoms with E-state index in [0.717, 1.165) is 12.3 Å². The molecule has 0 unspecified atom stereocenters. The highest BCUT2D eigenvalue weighted by Crippen LogP contribution is 2.39. The molecule has 0 saturated carbocycles. The van der Waals surface area contributed by atoms with Crippen LogP contribution >= 0.6 is 11.3 Å². The minimum absolute atomic E-state index is 0.107. The van der Waals surface area contributed by atoms with Gasteiger partial charge in [-0.05, 0) is 30.3 Å². The highest BCUT2D eigenvalue weighted by Gasteiger charge is 2.34. The lowest BCUT2D eigenvalue weighted by Gasteiger charge is -2.14. The second-order valence-corrected chi connectivity index (χ2v) is 11.2. The summed E-state index contributed by atoms with van der Waals surface area (Å²) in [5.41, 5.74) is 3.45. The van der Waals surface area contributed by atoms with Gasteiger partial charge in [0.2, 0.25) is 10.0 Å². The third-order valence-corrected chi connectivity index (χ3v) is 7.72. The predicted octanol–water partition coefficient (Wildman–Crippen LogP) is 6.10. The number of aryl methyl sites for hydroxylation is 1. The molecule has 218 valence electrons. The lowest BCUT2D eigenvalue weighted by molar-refractivity contribution is -0.141. The monoisotopic (exact) mass is 623 g/mol. The summed E-state index contributed by atoms with van der Waals surface area (Å²) < 4.78 is 69.5. The Labute approximate surface area is 246 Å². The normalized spacial score (nSPS) is 11.5. The fraction of sp³-hybridized carbons (Fsp3) is 0.0714. The number of nitrogens with one attached hydrogen (secondary N) is 1. The molecule has 0 saturated heterocycles. The van der Waals surface area contributed by atoms with Crippen LogP contribution in [0.2, 0.25) is 0 Å². The van der Waals surface area contributed by atoms with Crippen molar-refractivity contribution in [1.29, 1.82) is 5.26 Å². The van der Waals surface area contributed by atoms with Gasteiger partial charge in [-0.15, -0.1) is 11.3 Å². The van der Waals surface area contributed by atoms with Crippen molar-refractivity contribution in [3.63, 3.8) is 0 Å². The second kappa shape index (κ2) is 11.7. The maximum absolute atomic E-state index is 13.2. The number of rotatable bonds is 5. The minimum Gasteiger partial charge on any atom is -0.454 e. The lowest BCUT2D eigenvalue weighted by Crippen LogP contribution is -2.13. The van der Waals surface area contributed by atoms with Gasteiger partial charge in [0.05, 0.1) is 44.5 Å². The van der Waals surface area contributed by atoms with E-state index in [2.05, 4.69) is 26.1 Å². The average Bonchev–Trinajstić information content (AvgIpc) is 3.74. The highest BCUT2D eigenvalue weighted by molar-refractivity contribution is 7.89. The molecule has 6 aromatic rings. The van der Waals surface area contributed by atoms with E-state index in [-0.39, 0.29) is 16.2 Å². The Balaban J connectivity index is 0.000000207. The summed E-state index contributed by atoms with van der Waals surface area (Å²) in [7, 11) is -2.08. The Morgan fingerprint density at radius 3 is 2.51 bits per heavy atom. The molecular weight excluding hydrogens is 603 g/mol. The van der Waals surface area contributed by atoms with Gasteiger partial charge in [-0.1, -0.05) is 24.3 Å². The molecular formula is C28H20F3N7O3S2. The maximum Gasteiger partial charge on any atom is 0.433 e. The summed E-state index contributed by atoms with van der Waals surface area (Å²) in [6.07, 6.45) is -0.540. The number of halogens is 3. The molecule has 0 aliphatic heterocycles. The Kier molecular flexibility index (Phi) is 8.00. The molecule has 0 aliphatic carbocycles. The zero-order valence-corrected chi connectivity index (χ0v) is 23.7. The van der Waals surface area contributed by atoms with Gasteiger partial charge in [-0.25, -0.2) is 23.5 Å². The Bertz CT molecular complexity index is 2060. The molecule has 0 amide bonds. The van der Waals surface area contributed by atoms with Crippen molar-refractivity contribution in [3.8, 4) is 40.1 Å². The number of ether oxygens (including phenoxy) is 1. The molecule has 0 fully saturated rings. The third-order valence-electron chi connectivity index (χ3n) is 6.16. The number of alkyl halides is 3. The number of hydrogen-bond acceptors (Lipinski definition) is 8. The van der Waals surface area contributed by atoms with Gasteiger partial charge in [0, 0.05) is 35.9 Å². The first-order valence-electron chi connectivity index (χ1n) is 12.2. The van der Waals surface area contributed by atoms with Crippen molar-refractivity contribution >= 4 is 32.3 Å². The van der Waals surface area contributed by atoms with E-state index < -0.39 is 21.9 Å². The van der Waals surface area contributed by atoms with Crippen LogP contribution in [0.15, 0.2) is 89.0 Å². The molecule has 15 heteroatoms. The van der Waals surface area contributed by atoms with Crippen LogP contribution in [0.1, 0.15) is 11.3 Å². The number of hydrogen-bond donors (Lipinski definition) is 2. The van der Waals surface area contributed by atoms with Crippen molar-refractivity contribution in [2.75, 3.05) is 0 Å². The highest BCUT2D eigenvalue weighted by atomic mass is 32.2. The number of aromatic amines is 1. The largest absolute Gasteiger partial charge is 0.454 e. The average molecular weight is 624 g/mol. The van der Waals surface area contributed by atoms with E-state index in [9.17, 15) is 26.9 Å². The summed E-state index contributed by atoms with van der Waals surface area (Å²) in [4.78, 5) is 10.6. The van der Waals surface area contributed by atoms with Crippen LogP contribution in [0.3, 0.4) is 0 Å². The molecule has 2 aromatic carbocycles. The summed E-state index contributed by atoms with van der Waals surface area (Å²) in [5, 5.41) is 20.8. The SMILES string of the molecule is Cn1nccc1-c1cc(C(F)(F)F)ncc1Oc1cccc2[nH]cc(C#N)c12.NS(=O)(=O)c1ccccc1-c1cscn1. The molecule has 4 aromatic heterocycles. The number of nitrogens with two attached hydrogens (primary N) is 1. The molecule has 0 bridgehead atoms. The van der Waals surface area contributed by atoms with Crippen molar-refractivity contribution < 1.29 is 26.3 Å². The van der Waals surface area contributed by atoms with E-state index in [4.69, 9.17) is 9.88 Å². The number of nitrogens with zero attached hydrogens (tertiary/aromatic N) is 5. The van der Waals surface area contributed by atoms with E-state index in [0.29, 0.717) is 39.2 Å². The summed E-state index contributed by atoms with van der Waals surface area (Å²) >= 11 is 1.41. The number of benzene rings is 2. The molecule has 43 heavy (non-hydrogen) atoms. The second-order valence-electron chi connectivity index (χ2n) is 8.91. The third kappa shape index (κ3) is 6.26. The zero-order valence-electron chi connectivity index (χ0n) is 22.1. The van der Waals surface area contributed by atoms with Crippen LogP contribution in [-0.4, -0.2) is 33.2 Å². The first-order valence-corrected chi connectivity index (χ1v) is 14.7. The van der Waals surface area contributed by atoms with Gasteiger partial charge in [0.1, 0.15) is 17.5 Å². The van der Waals surface area contributed by atoms with E-state index in [1.807, 2.05) is 0 Å². The van der Waals surface area contributed by atoms with Crippen LogP contribution in [0.25, 0.3) is 33.4 Å². The quantitative estimate of drug-likeness (QED) is 0.235. The summed E-state index contributed by atoms with van der Waals surface area (Å²) in [6.45, 7) is 0. The van der Waals surface area contributed by atoms with E-state index >= 15 is 0 Å². The minimum atomic E-state index is -4.60. The lowest BCUT2D eigenvalue weighted by atomic mass is 10.1. The van der Waals surface area contributed by atoms with E-state index in [1.165, 1.54) is 28.3 Å². The fourth-order valence-corrected chi connectivity index (χ4v) is 5.53. The Morgan fingerprint density at radius 1 is 1.07 bits per heavy atom. The standard InChI is InChI=1S/C19H12F3N5O.C9H8N2O2S2/c1-27-14(5-6-26-27)12-7-17(19(20,21)22)25-10-16(12)28-15-4-2-3-13-18(15)11(8-23)9-24-13;10-15(12,13)9-4-2-1-3-7(9)8-5-14-6-11-8/h2-7,9-10,24H,1H3;1-6H,(H2,10,12,13). The molecule has 0 spiro atoms. The number of thiazole rings is 1. The van der Waals surface area contributed by atoms with Crippen LogP contribution in [-0.2, 0) is 23.2 Å². The summed E-state index contributed by atoms with van der Waals surface area (Å²) in [5.74, 6) is 0.453. The van der Waals surface area contributed by atoms with Gasteiger partial charge in [-0.2, -0.15) is 23.5 Å². The molecule has 10 nitrogen and oxygen atoms in total. The molecule has 0 aliphatic rings. The van der Waals surface area contributed by atoms with Crippen LogP contribution in [0, 0.1) is 11.3 Å². The number of sulfonamides is 1. The van der Waals surface area contributed by atoms with Crippen molar-refractivity contribution in [2.45, 2.75) is 11.1 Å². The van der Waals surface area contributed by atoms with Gasteiger partial charge in [0.25, 0.3) is 0 Å². The van der Waals surface area contributed by atoms with Gasteiger partial charge < -0.3 is 9.72 Å². The Morgan fingerprint density at radius 2 is 1.86 bits per heavy atom. The molecule has 0 radical (unpaired) electrons. The number of pyridine rings is 1. The fourth-order valence-electron chi connectivity index (χ4n) is 4.23. The van der Waals surface area contributed by atoms with Crippen LogP contribution < -0.4 is 9.88 Å². The predicted molar refractivity (Wildman–Crippen MR) is 153 cm³/mol. The molecule has 4 heterocycles. The maximum atomic E-state index is 13.2. The molecule has 3 N–H and O–H groups in total. The Hall–Kier alpha value is -5.04. The van der Waals surface area contributed by atoms with Gasteiger partial charge >= 0.3 is 6.18 Å². The van der Waals surface area contributed by atoms with Crippen molar-refractivity contribution in [1.82, 2.24) is 24.7 Å². The number of fused-ring (bicyclic) bond motifs is 1. The first kappa shape index (κ1) is 29.5. The number of aromatic nitrogens is 5. The topological polar surface area (TPSA) is 153 Å². The van der Waals surface area contributed by atoms with Gasteiger partial charge in [0.15, 0.2) is 5.75 Å². The van der Waals surface area contributed by atoms with Crippen molar-refractivity contribution in [2.24, 2.45) is 12.2 Å². The number of primary sulfonamides is 1. The number of H-pyrrole nitrogens is 1. The van der Waals surface area contributed by atoms with Crippen LogP contribution in [0.4, 0.5) is 13.2 Å². The first-order chi connectivity index (χ1) is 20.5. The smallest absolute Gasteiger partial charge is 0.433 e. The van der Waals surface area contributed by atoms with Gasteiger partial charge in [-0.3, -0.25) is 4.68 Å². The summed E-state index contributed by atoms with van der Waals surface area (Å²) in [6, 6.07) is 16.3. The molecule has 6 rings (SSSR count). The molecule has 0 atom stereocenters. The van der Waals surface area contributed by atoms with Crippen LogP contribution in [0.5, 0.6) is 11.5 Å². The zero-order chi connectivity index (χ0) is 30.8. The number of nitriles is 1. The van der Waals surface area contributed by atoms with E-state index in [1.54, 1.807) is 66.6 Å². The van der Waals surface area contributed by atoms with Crippen molar-refractivity contribution in [3.05, 3.63) is 95.3 Å².